The van der Waals surface area contributed by atoms with Crippen LogP contribution in [0.4, 0.5) is 0 Å². The SMILES string of the molecule is [Si]c1ccc(C=Cc2ccccc2)c2ccccc12. The second-order valence-electron chi connectivity index (χ2n) is 4.49. The molecule has 0 saturated heterocycles. The van der Waals surface area contributed by atoms with E-state index in [0.717, 1.165) is 5.19 Å². The first kappa shape index (κ1) is 11.9. The zero-order valence-corrected chi connectivity index (χ0v) is 11.5. The smallest absolute Gasteiger partial charge is 0.0626 e. The summed E-state index contributed by atoms with van der Waals surface area (Å²) < 4.78 is 0. The first-order chi connectivity index (χ1) is 9.34. The molecule has 0 fully saturated rings. The molecule has 0 atom stereocenters. The van der Waals surface area contributed by atoms with E-state index < -0.39 is 0 Å². The van der Waals surface area contributed by atoms with Crippen molar-refractivity contribution >= 4 is 38.4 Å². The van der Waals surface area contributed by atoms with Crippen molar-refractivity contribution in [2.45, 2.75) is 0 Å². The lowest BCUT2D eigenvalue weighted by atomic mass is 10.0. The average molecular weight is 257 g/mol. The van der Waals surface area contributed by atoms with Gasteiger partial charge in [-0.1, -0.05) is 84.1 Å². The molecular weight excluding hydrogens is 244 g/mol. The average Bonchev–Trinajstić information content (AvgIpc) is 2.48. The zero-order chi connectivity index (χ0) is 13.1. The molecule has 0 aliphatic heterocycles. The lowest BCUT2D eigenvalue weighted by molar-refractivity contribution is 1.66. The highest BCUT2D eigenvalue weighted by atomic mass is 28.1. The second kappa shape index (κ2) is 5.25. The third kappa shape index (κ3) is 2.51. The molecule has 0 nitrogen and oxygen atoms in total. The summed E-state index contributed by atoms with van der Waals surface area (Å²) >= 11 is 0. The fourth-order valence-electron chi connectivity index (χ4n) is 2.22. The van der Waals surface area contributed by atoms with Crippen molar-refractivity contribution in [2.24, 2.45) is 0 Å². The summed E-state index contributed by atoms with van der Waals surface area (Å²) in [5.41, 5.74) is 2.45. The Labute approximate surface area is 116 Å². The minimum Gasteiger partial charge on any atom is -0.0626 e. The van der Waals surface area contributed by atoms with Crippen molar-refractivity contribution in [2.75, 3.05) is 0 Å². The molecule has 0 heterocycles. The molecule has 3 aromatic carbocycles. The molecular formula is C18H13Si. The second-order valence-corrected chi connectivity index (χ2v) is 5.03. The van der Waals surface area contributed by atoms with Crippen LogP contribution in [0.1, 0.15) is 11.1 Å². The van der Waals surface area contributed by atoms with E-state index in [1.165, 1.54) is 21.9 Å². The minimum absolute atomic E-state index is 1.13. The van der Waals surface area contributed by atoms with Crippen molar-refractivity contribution in [1.29, 1.82) is 0 Å². The molecule has 0 aliphatic rings. The van der Waals surface area contributed by atoms with Gasteiger partial charge in [0.05, 0.1) is 10.2 Å². The van der Waals surface area contributed by atoms with E-state index in [0.29, 0.717) is 0 Å². The lowest BCUT2D eigenvalue weighted by Gasteiger charge is -2.05. The topological polar surface area (TPSA) is 0 Å². The highest BCUT2D eigenvalue weighted by molar-refractivity contribution is 6.39. The minimum atomic E-state index is 1.13. The highest BCUT2D eigenvalue weighted by Crippen LogP contribution is 2.19. The fraction of sp³-hybridized carbons (Fsp3) is 0. The quantitative estimate of drug-likeness (QED) is 0.484. The molecule has 0 unspecified atom stereocenters. The van der Waals surface area contributed by atoms with Crippen molar-refractivity contribution in [3.8, 4) is 0 Å². The van der Waals surface area contributed by atoms with Gasteiger partial charge in [0, 0.05) is 0 Å². The van der Waals surface area contributed by atoms with Crippen molar-refractivity contribution in [3.63, 3.8) is 0 Å². The number of benzene rings is 3. The van der Waals surface area contributed by atoms with E-state index >= 15 is 0 Å². The standard InChI is InChI=1S/C18H13Si/c19-18-13-12-15(16-8-4-5-9-17(16)18)11-10-14-6-2-1-3-7-14/h1-13H. The Hall–Kier alpha value is -2.12. The number of hydrogen-bond acceptors (Lipinski definition) is 0. The summed E-state index contributed by atoms with van der Waals surface area (Å²) in [4.78, 5) is 0. The van der Waals surface area contributed by atoms with Crippen LogP contribution in [-0.2, 0) is 0 Å². The molecule has 1 heteroatoms. The van der Waals surface area contributed by atoms with Crippen LogP contribution in [0.2, 0.25) is 0 Å². The summed E-state index contributed by atoms with van der Waals surface area (Å²) in [6, 6.07) is 23.0. The maximum atomic E-state index is 3.66. The molecule has 3 rings (SSSR count). The van der Waals surface area contributed by atoms with E-state index in [4.69, 9.17) is 0 Å². The van der Waals surface area contributed by atoms with Gasteiger partial charge in [0.1, 0.15) is 0 Å². The maximum absolute atomic E-state index is 3.66. The number of fused-ring (bicyclic) bond motifs is 1. The van der Waals surface area contributed by atoms with Gasteiger partial charge in [0.15, 0.2) is 0 Å². The van der Waals surface area contributed by atoms with Gasteiger partial charge >= 0.3 is 0 Å². The van der Waals surface area contributed by atoms with Crippen LogP contribution in [0, 0.1) is 0 Å². The normalized spacial score (nSPS) is 11.2. The molecule has 3 radical (unpaired) electrons. The first-order valence-electron chi connectivity index (χ1n) is 6.31. The van der Waals surface area contributed by atoms with Gasteiger partial charge in [-0.2, -0.15) is 0 Å². The fourth-order valence-corrected chi connectivity index (χ4v) is 2.52. The summed E-state index contributed by atoms with van der Waals surface area (Å²) in [6.07, 6.45) is 4.32. The molecule has 0 spiro atoms. The molecule has 0 aliphatic carbocycles. The first-order valence-corrected chi connectivity index (χ1v) is 6.81. The molecule has 0 N–H and O–H groups in total. The summed E-state index contributed by atoms with van der Waals surface area (Å²) in [5.74, 6) is 0. The van der Waals surface area contributed by atoms with Gasteiger partial charge in [-0.3, -0.25) is 0 Å². The molecule has 89 valence electrons. The van der Waals surface area contributed by atoms with E-state index in [2.05, 4.69) is 83.1 Å². The lowest BCUT2D eigenvalue weighted by Crippen LogP contribution is -2.03. The predicted octanol–water partition coefficient (Wildman–Crippen LogP) is 3.80. The summed E-state index contributed by atoms with van der Waals surface area (Å²) in [5, 5.41) is 3.64. The van der Waals surface area contributed by atoms with Crippen molar-refractivity contribution in [1.82, 2.24) is 0 Å². The van der Waals surface area contributed by atoms with Crippen molar-refractivity contribution in [3.05, 3.63) is 77.9 Å². The van der Waals surface area contributed by atoms with Crippen molar-refractivity contribution < 1.29 is 0 Å². The molecule has 0 amide bonds. The van der Waals surface area contributed by atoms with E-state index in [-0.39, 0.29) is 0 Å². The Morgan fingerprint density at radius 3 is 2.11 bits per heavy atom. The van der Waals surface area contributed by atoms with E-state index in [1.54, 1.807) is 0 Å². The Balaban J connectivity index is 2.07. The summed E-state index contributed by atoms with van der Waals surface area (Å²) in [6.45, 7) is 0. The molecule has 19 heavy (non-hydrogen) atoms. The third-order valence-corrected chi connectivity index (χ3v) is 3.65. The van der Waals surface area contributed by atoms with Gasteiger partial charge in [0.2, 0.25) is 0 Å². The molecule has 3 aromatic rings. The van der Waals surface area contributed by atoms with Crippen LogP contribution in [0.15, 0.2) is 66.7 Å². The highest BCUT2D eigenvalue weighted by Gasteiger charge is 2.00. The molecule has 0 saturated carbocycles. The van der Waals surface area contributed by atoms with Gasteiger partial charge < -0.3 is 0 Å². The maximum Gasteiger partial charge on any atom is 0.0720 e. The number of hydrogen-bond donors (Lipinski definition) is 0. The Morgan fingerprint density at radius 1 is 0.632 bits per heavy atom. The Morgan fingerprint density at radius 2 is 1.32 bits per heavy atom. The third-order valence-electron chi connectivity index (χ3n) is 3.21. The van der Waals surface area contributed by atoms with Gasteiger partial charge in [-0.15, -0.1) is 0 Å². The summed E-state index contributed by atoms with van der Waals surface area (Å²) in [7, 11) is 3.66. The van der Waals surface area contributed by atoms with E-state index in [9.17, 15) is 0 Å². The van der Waals surface area contributed by atoms with Crippen LogP contribution in [-0.4, -0.2) is 10.2 Å². The van der Waals surface area contributed by atoms with E-state index in [1.807, 2.05) is 6.07 Å². The Bertz CT molecular complexity index is 727. The Kier molecular flexibility index (Phi) is 3.30. The monoisotopic (exact) mass is 257 g/mol. The van der Waals surface area contributed by atoms with Gasteiger partial charge in [0.25, 0.3) is 0 Å². The molecule has 0 bridgehead atoms. The molecule has 0 aromatic heterocycles. The van der Waals surface area contributed by atoms with Crippen LogP contribution in [0.25, 0.3) is 22.9 Å². The largest absolute Gasteiger partial charge is 0.0720 e. The zero-order valence-electron chi connectivity index (χ0n) is 10.5. The van der Waals surface area contributed by atoms with Crippen LogP contribution >= 0.6 is 0 Å². The predicted molar refractivity (Wildman–Crippen MR) is 84.7 cm³/mol. The van der Waals surface area contributed by atoms with Crippen LogP contribution in [0.3, 0.4) is 0 Å². The van der Waals surface area contributed by atoms with Gasteiger partial charge in [-0.25, -0.2) is 0 Å². The van der Waals surface area contributed by atoms with Gasteiger partial charge in [-0.05, 0) is 21.9 Å². The number of rotatable bonds is 2. The van der Waals surface area contributed by atoms with Crippen LogP contribution in [0.5, 0.6) is 0 Å². The van der Waals surface area contributed by atoms with Crippen LogP contribution < -0.4 is 5.19 Å².